The van der Waals surface area contributed by atoms with Crippen molar-refractivity contribution in [2.45, 2.75) is 59.4 Å². The minimum absolute atomic E-state index is 0.159. The van der Waals surface area contributed by atoms with Crippen molar-refractivity contribution in [3.05, 3.63) is 22.4 Å². The zero-order valence-corrected chi connectivity index (χ0v) is 14.7. The molecule has 1 aromatic heterocycles. The van der Waals surface area contributed by atoms with Gasteiger partial charge in [0.25, 0.3) is 5.91 Å². The van der Waals surface area contributed by atoms with E-state index in [-0.39, 0.29) is 5.91 Å². The minimum atomic E-state index is 0.159. The molecule has 0 N–H and O–H groups in total. The molecule has 0 spiro atoms. The van der Waals surface area contributed by atoms with Gasteiger partial charge in [-0.15, -0.1) is 0 Å². The summed E-state index contributed by atoms with van der Waals surface area (Å²) in [6, 6.07) is 2.23. The van der Waals surface area contributed by atoms with Crippen molar-refractivity contribution in [3.8, 4) is 0 Å². The first-order chi connectivity index (χ1) is 9.51. The topological polar surface area (TPSA) is 25.2 Å². The molecular formula is C16H27BrN2O. The van der Waals surface area contributed by atoms with Gasteiger partial charge in [0.15, 0.2) is 0 Å². The van der Waals surface area contributed by atoms with Crippen molar-refractivity contribution >= 4 is 21.8 Å². The SMILES string of the molecule is CCCCN(CCCC)C(=O)c1cc(Br)cn1C(C)C. The van der Waals surface area contributed by atoms with Crippen LogP contribution in [0, 0.1) is 0 Å². The highest BCUT2D eigenvalue weighted by molar-refractivity contribution is 9.10. The Morgan fingerprint density at radius 3 is 2.25 bits per heavy atom. The molecular weight excluding hydrogens is 316 g/mol. The summed E-state index contributed by atoms with van der Waals surface area (Å²) in [4.78, 5) is 14.8. The lowest BCUT2D eigenvalue weighted by Gasteiger charge is -2.24. The van der Waals surface area contributed by atoms with Crippen LogP contribution < -0.4 is 0 Å². The van der Waals surface area contributed by atoms with Gasteiger partial charge >= 0.3 is 0 Å². The molecule has 0 atom stereocenters. The average molecular weight is 343 g/mol. The molecule has 20 heavy (non-hydrogen) atoms. The van der Waals surface area contributed by atoms with Gasteiger partial charge in [-0.2, -0.15) is 0 Å². The summed E-state index contributed by atoms with van der Waals surface area (Å²) in [6.45, 7) is 10.2. The average Bonchev–Trinajstić information content (AvgIpc) is 2.80. The molecule has 0 aliphatic carbocycles. The van der Waals surface area contributed by atoms with Crippen molar-refractivity contribution in [2.24, 2.45) is 0 Å². The number of carbonyl (C=O) groups is 1. The summed E-state index contributed by atoms with van der Waals surface area (Å²) >= 11 is 3.48. The van der Waals surface area contributed by atoms with Crippen LogP contribution in [0.25, 0.3) is 0 Å². The first-order valence-corrected chi connectivity index (χ1v) is 8.47. The van der Waals surface area contributed by atoms with Crippen molar-refractivity contribution in [1.29, 1.82) is 0 Å². The fraction of sp³-hybridized carbons (Fsp3) is 0.688. The van der Waals surface area contributed by atoms with E-state index in [0.717, 1.165) is 48.9 Å². The Morgan fingerprint density at radius 2 is 1.80 bits per heavy atom. The van der Waals surface area contributed by atoms with Crippen LogP contribution in [-0.4, -0.2) is 28.5 Å². The highest BCUT2D eigenvalue weighted by Gasteiger charge is 2.20. The van der Waals surface area contributed by atoms with Crippen LogP contribution in [0.1, 0.15) is 69.9 Å². The lowest BCUT2D eigenvalue weighted by molar-refractivity contribution is 0.0738. The predicted octanol–water partition coefficient (Wildman–Crippen LogP) is 4.87. The van der Waals surface area contributed by atoms with Crippen LogP contribution in [0.4, 0.5) is 0 Å². The lowest BCUT2D eigenvalue weighted by atomic mass is 10.2. The molecule has 0 radical (unpaired) electrons. The Labute approximate surface area is 131 Å². The van der Waals surface area contributed by atoms with Crippen molar-refractivity contribution in [3.63, 3.8) is 0 Å². The summed E-state index contributed by atoms with van der Waals surface area (Å²) in [5.41, 5.74) is 0.791. The van der Waals surface area contributed by atoms with Crippen molar-refractivity contribution < 1.29 is 4.79 Å². The highest BCUT2D eigenvalue weighted by Crippen LogP contribution is 2.21. The molecule has 0 aromatic carbocycles. The third-order valence-corrected chi connectivity index (χ3v) is 3.87. The van der Waals surface area contributed by atoms with E-state index in [2.05, 4.69) is 48.2 Å². The number of nitrogens with zero attached hydrogens (tertiary/aromatic N) is 2. The minimum Gasteiger partial charge on any atom is -0.340 e. The zero-order valence-electron chi connectivity index (χ0n) is 13.2. The smallest absolute Gasteiger partial charge is 0.270 e. The lowest BCUT2D eigenvalue weighted by Crippen LogP contribution is -2.34. The van der Waals surface area contributed by atoms with Gasteiger partial charge in [0.2, 0.25) is 0 Å². The summed E-state index contributed by atoms with van der Waals surface area (Å²) in [5.74, 6) is 0.159. The van der Waals surface area contributed by atoms with Crippen LogP contribution in [0.15, 0.2) is 16.7 Å². The number of amides is 1. The standard InChI is InChI=1S/C16H27BrN2O/c1-5-7-9-18(10-8-6-2)16(20)15-11-14(17)12-19(15)13(3)4/h11-13H,5-10H2,1-4H3. The van der Waals surface area contributed by atoms with E-state index in [0.29, 0.717) is 6.04 Å². The van der Waals surface area contributed by atoms with Crippen LogP contribution in [0.2, 0.25) is 0 Å². The second kappa shape index (κ2) is 8.50. The zero-order chi connectivity index (χ0) is 15.1. The van der Waals surface area contributed by atoms with E-state index in [1.807, 2.05) is 17.2 Å². The Hall–Kier alpha value is -0.770. The number of carbonyl (C=O) groups excluding carboxylic acids is 1. The van der Waals surface area contributed by atoms with Crippen molar-refractivity contribution in [1.82, 2.24) is 9.47 Å². The maximum Gasteiger partial charge on any atom is 0.270 e. The largest absolute Gasteiger partial charge is 0.340 e. The molecule has 1 aromatic rings. The van der Waals surface area contributed by atoms with Gasteiger partial charge in [-0.3, -0.25) is 4.79 Å². The number of aromatic nitrogens is 1. The Morgan fingerprint density at radius 1 is 1.25 bits per heavy atom. The van der Waals surface area contributed by atoms with E-state index in [1.54, 1.807) is 0 Å². The monoisotopic (exact) mass is 342 g/mol. The quantitative estimate of drug-likeness (QED) is 0.661. The highest BCUT2D eigenvalue weighted by atomic mass is 79.9. The first-order valence-electron chi connectivity index (χ1n) is 7.67. The fourth-order valence-electron chi connectivity index (χ4n) is 2.22. The predicted molar refractivity (Wildman–Crippen MR) is 88.2 cm³/mol. The fourth-order valence-corrected chi connectivity index (χ4v) is 2.66. The first kappa shape index (κ1) is 17.3. The molecule has 114 valence electrons. The number of unbranched alkanes of at least 4 members (excludes halogenated alkanes) is 2. The molecule has 1 heterocycles. The summed E-state index contributed by atoms with van der Waals surface area (Å²) in [5, 5.41) is 0. The van der Waals surface area contributed by atoms with E-state index < -0.39 is 0 Å². The van der Waals surface area contributed by atoms with E-state index in [9.17, 15) is 4.79 Å². The molecule has 0 bridgehead atoms. The second-order valence-corrected chi connectivity index (χ2v) is 6.46. The number of hydrogen-bond acceptors (Lipinski definition) is 1. The molecule has 0 aliphatic rings. The Bertz CT molecular complexity index is 418. The van der Waals surface area contributed by atoms with Crippen molar-refractivity contribution in [2.75, 3.05) is 13.1 Å². The van der Waals surface area contributed by atoms with Gasteiger partial charge in [0, 0.05) is 29.8 Å². The second-order valence-electron chi connectivity index (χ2n) is 5.54. The molecule has 3 nitrogen and oxygen atoms in total. The number of halogens is 1. The van der Waals surface area contributed by atoms with Crippen LogP contribution >= 0.6 is 15.9 Å². The number of rotatable bonds is 8. The molecule has 0 saturated heterocycles. The van der Waals surface area contributed by atoms with Crippen LogP contribution in [0.5, 0.6) is 0 Å². The Kier molecular flexibility index (Phi) is 7.35. The molecule has 1 rings (SSSR count). The molecule has 0 fully saturated rings. The molecule has 0 unspecified atom stereocenters. The normalized spacial score (nSPS) is 11.1. The van der Waals surface area contributed by atoms with Gasteiger partial charge < -0.3 is 9.47 Å². The van der Waals surface area contributed by atoms with E-state index in [4.69, 9.17) is 0 Å². The summed E-state index contributed by atoms with van der Waals surface area (Å²) in [6.07, 6.45) is 6.36. The van der Waals surface area contributed by atoms with Gasteiger partial charge in [0.1, 0.15) is 5.69 Å². The van der Waals surface area contributed by atoms with Gasteiger partial charge in [-0.05, 0) is 48.7 Å². The maximum atomic E-state index is 12.8. The van der Waals surface area contributed by atoms with Gasteiger partial charge in [-0.25, -0.2) is 0 Å². The van der Waals surface area contributed by atoms with Crippen LogP contribution in [-0.2, 0) is 0 Å². The van der Waals surface area contributed by atoms with E-state index >= 15 is 0 Å². The maximum absolute atomic E-state index is 12.8. The van der Waals surface area contributed by atoms with Crippen LogP contribution in [0.3, 0.4) is 0 Å². The van der Waals surface area contributed by atoms with Gasteiger partial charge in [0.05, 0.1) is 0 Å². The summed E-state index contributed by atoms with van der Waals surface area (Å²) in [7, 11) is 0. The Balaban J connectivity index is 2.92. The van der Waals surface area contributed by atoms with E-state index in [1.165, 1.54) is 0 Å². The summed E-state index contributed by atoms with van der Waals surface area (Å²) < 4.78 is 3.03. The molecule has 1 amide bonds. The molecule has 4 heteroatoms. The molecule has 0 aliphatic heterocycles. The third-order valence-electron chi connectivity index (χ3n) is 3.44. The number of hydrogen-bond donors (Lipinski definition) is 0. The van der Waals surface area contributed by atoms with Gasteiger partial charge in [-0.1, -0.05) is 26.7 Å². The third kappa shape index (κ3) is 4.65. The molecule has 0 saturated carbocycles.